The van der Waals surface area contributed by atoms with Crippen molar-refractivity contribution >= 4 is 17.5 Å². The maximum Gasteiger partial charge on any atom is 0.279 e. The molecule has 37 heavy (non-hydrogen) atoms. The Morgan fingerprint density at radius 2 is 1.65 bits per heavy atom. The van der Waals surface area contributed by atoms with Crippen LogP contribution in [-0.4, -0.2) is 42.0 Å². The molecule has 0 saturated heterocycles. The second-order valence-corrected chi connectivity index (χ2v) is 9.47. The summed E-state index contributed by atoms with van der Waals surface area (Å²) in [5.74, 6) is 0.339. The fraction of sp³-hybridized carbons (Fsp3) is 0.379. The average Bonchev–Trinajstić information content (AvgIpc) is 2.91. The van der Waals surface area contributed by atoms with Gasteiger partial charge in [-0.2, -0.15) is 0 Å². The Balaban J connectivity index is 1.88. The Morgan fingerprint density at radius 3 is 2.27 bits per heavy atom. The van der Waals surface area contributed by atoms with Crippen molar-refractivity contribution in [3.05, 3.63) is 77.4 Å². The van der Waals surface area contributed by atoms with Crippen LogP contribution in [0.4, 0.5) is 5.69 Å². The van der Waals surface area contributed by atoms with Crippen LogP contribution in [0.3, 0.4) is 0 Å². The molecule has 194 valence electrons. The third kappa shape index (κ3) is 6.07. The lowest BCUT2D eigenvalue weighted by atomic mass is 9.94. The average molecular weight is 503 g/mol. The molecule has 0 radical (unpaired) electrons. The van der Waals surface area contributed by atoms with Crippen LogP contribution in [0, 0.1) is 13.8 Å². The summed E-state index contributed by atoms with van der Waals surface area (Å²) in [7, 11) is 3.11. The molecule has 0 unspecified atom stereocenters. The lowest BCUT2D eigenvalue weighted by molar-refractivity contribution is -0.123. The minimum Gasteiger partial charge on any atom is -0.493 e. The highest BCUT2D eigenvalue weighted by Crippen LogP contribution is 2.36. The molecule has 2 amide bonds. The number of aryl methyl sites for hydroxylation is 2. The van der Waals surface area contributed by atoms with Crippen LogP contribution in [0.15, 0.2) is 55.0 Å². The zero-order chi connectivity index (χ0) is 26.4. The van der Waals surface area contributed by atoms with E-state index < -0.39 is 11.9 Å². The van der Waals surface area contributed by atoms with Gasteiger partial charge in [0.15, 0.2) is 11.5 Å². The van der Waals surface area contributed by atoms with Gasteiger partial charge < -0.3 is 14.8 Å². The SMILES string of the molecule is COc1ccc([C@@H](C(=O)NC2CCCCC2)N(C(=O)c2cnccn2)c2cc(C)cc(C)c2)cc1OC. The first-order chi connectivity index (χ1) is 17.9. The van der Waals surface area contributed by atoms with Crippen molar-refractivity contribution in [1.82, 2.24) is 15.3 Å². The van der Waals surface area contributed by atoms with Crippen LogP contribution in [0.25, 0.3) is 0 Å². The lowest BCUT2D eigenvalue weighted by Crippen LogP contribution is -2.47. The van der Waals surface area contributed by atoms with E-state index >= 15 is 0 Å². The highest BCUT2D eigenvalue weighted by molar-refractivity contribution is 6.09. The number of aromatic nitrogens is 2. The van der Waals surface area contributed by atoms with Crippen LogP contribution >= 0.6 is 0 Å². The Bertz CT molecular complexity index is 1220. The van der Waals surface area contributed by atoms with E-state index in [1.165, 1.54) is 29.9 Å². The molecular weight excluding hydrogens is 468 g/mol. The first kappa shape index (κ1) is 26.1. The van der Waals surface area contributed by atoms with Gasteiger partial charge in [0.05, 0.1) is 20.4 Å². The second kappa shape index (κ2) is 11.9. The standard InChI is InChI=1S/C29H34N4O4/c1-19-14-20(2)16-23(15-19)33(29(35)24-18-30-12-13-31-24)27(28(34)32-22-8-6-5-7-9-22)21-10-11-25(36-3)26(17-21)37-4/h10-18,22,27H,5-9H2,1-4H3,(H,32,34)/t27-/m0/s1. The maximum atomic E-state index is 14.1. The van der Waals surface area contributed by atoms with Crippen LogP contribution in [0.5, 0.6) is 11.5 Å². The molecular formula is C29H34N4O4. The summed E-state index contributed by atoms with van der Waals surface area (Å²) >= 11 is 0. The van der Waals surface area contributed by atoms with Gasteiger partial charge in [0.1, 0.15) is 11.7 Å². The molecule has 1 aliphatic carbocycles. The molecule has 1 fully saturated rings. The number of nitrogens with one attached hydrogen (secondary N) is 1. The van der Waals surface area contributed by atoms with E-state index in [9.17, 15) is 9.59 Å². The lowest BCUT2D eigenvalue weighted by Gasteiger charge is -2.33. The maximum absolute atomic E-state index is 14.1. The van der Waals surface area contributed by atoms with Gasteiger partial charge in [0.2, 0.25) is 5.91 Å². The molecule has 1 N–H and O–H groups in total. The quantitative estimate of drug-likeness (QED) is 0.469. The molecule has 1 aromatic heterocycles. The van der Waals surface area contributed by atoms with E-state index in [1.54, 1.807) is 32.4 Å². The number of nitrogens with zero attached hydrogens (tertiary/aromatic N) is 3. The number of carbonyl (C=O) groups excluding carboxylic acids is 2. The topological polar surface area (TPSA) is 93.7 Å². The van der Waals surface area contributed by atoms with Gasteiger partial charge in [0, 0.05) is 24.1 Å². The van der Waals surface area contributed by atoms with Crippen molar-refractivity contribution in [2.24, 2.45) is 0 Å². The van der Waals surface area contributed by atoms with E-state index in [4.69, 9.17) is 9.47 Å². The summed E-state index contributed by atoms with van der Waals surface area (Å²) in [5.41, 5.74) is 3.31. The molecule has 1 aliphatic rings. The van der Waals surface area contributed by atoms with Crippen LogP contribution in [0.2, 0.25) is 0 Å². The van der Waals surface area contributed by atoms with Crippen molar-refractivity contribution in [2.75, 3.05) is 19.1 Å². The summed E-state index contributed by atoms with van der Waals surface area (Å²) in [6.45, 7) is 3.93. The zero-order valence-corrected chi connectivity index (χ0v) is 21.9. The molecule has 0 spiro atoms. The summed E-state index contributed by atoms with van der Waals surface area (Å²) in [5, 5.41) is 3.23. The Morgan fingerprint density at radius 1 is 0.946 bits per heavy atom. The molecule has 1 saturated carbocycles. The predicted octanol–water partition coefficient (Wildman–Crippen LogP) is 4.95. The van der Waals surface area contributed by atoms with E-state index in [2.05, 4.69) is 15.3 Å². The molecule has 0 bridgehead atoms. The second-order valence-electron chi connectivity index (χ2n) is 9.47. The molecule has 3 aromatic rings. The van der Waals surface area contributed by atoms with E-state index in [1.807, 2.05) is 32.0 Å². The third-order valence-electron chi connectivity index (χ3n) is 6.67. The Kier molecular flexibility index (Phi) is 8.38. The van der Waals surface area contributed by atoms with Crippen LogP contribution in [-0.2, 0) is 4.79 Å². The van der Waals surface area contributed by atoms with Gasteiger partial charge in [-0.05, 0) is 67.6 Å². The molecule has 0 aliphatic heterocycles. The summed E-state index contributed by atoms with van der Waals surface area (Å²) in [6, 6.07) is 10.2. The van der Waals surface area contributed by atoms with Gasteiger partial charge >= 0.3 is 0 Å². The number of carbonyl (C=O) groups is 2. The molecule has 2 aromatic carbocycles. The molecule has 4 rings (SSSR count). The summed E-state index contributed by atoms with van der Waals surface area (Å²) < 4.78 is 11.0. The van der Waals surface area contributed by atoms with Gasteiger partial charge in [-0.3, -0.25) is 19.5 Å². The van der Waals surface area contributed by atoms with Crippen molar-refractivity contribution in [3.63, 3.8) is 0 Å². The number of hydrogen-bond acceptors (Lipinski definition) is 6. The molecule has 8 heteroatoms. The van der Waals surface area contributed by atoms with Crippen LogP contribution < -0.4 is 19.7 Å². The largest absolute Gasteiger partial charge is 0.493 e. The summed E-state index contributed by atoms with van der Waals surface area (Å²) in [4.78, 5) is 38.0. The van der Waals surface area contributed by atoms with Crippen molar-refractivity contribution in [3.8, 4) is 11.5 Å². The number of methoxy groups -OCH3 is 2. The minimum atomic E-state index is -0.975. The number of hydrogen-bond donors (Lipinski definition) is 1. The van der Waals surface area contributed by atoms with E-state index in [0.717, 1.165) is 36.8 Å². The van der Waals surface area contributed by atoms with Crippen LogP contribution in [0.1, 0.15) is 65.3 Å². The molecule has 1 atom stereocenters. The first-order valence-electron chi connectivity index (χ1n) is 12.6. The first-order valence-corrected chi connectivity index (χ1v) is 12.6. The van der Waals surface area contributed by atoms with E-state index in [0.29, 0.717) is 22.7 Å². The number of ether oxygens (including phenoxy) is 2. The third-order valence-corrected chi connectivity index (χ3v) is 6.67. The smallest absolute Gasteiger partial charge is 0.279 e. The normalized spacial score (nSPS) is 14.5. The van der Waals surface area contributed by atoms with E-state index in [-0.39, 0.29) is 17.6 Å². The fourth-order valence-electron chi connectivity index (χ4n) is 4.97. The number of anilines is 1. The minimum absolute atomic E-state index is 0.0663. The number of amides is 2. The molecule has 8 nitrogen and oxygen atoms in total. The van der Waals surface area contributed by atoms with Crippen molar-refractivity contribution < 1.29 is 19.1 Å². The fourth-order valence-corrected chi connectivity index (χ4v) is 4.97. The predicted molar refractivity (Wildman–Crippen MR) is 142 cm³/mol. The van der Waals surface area contributed by atoms with Crippen molar-refractivity contribution in [2.45, 2.75) is 58.0 Å². The summed E-state index contributed by atoms with van der Waals surface area (Å²) in [6.07, 6.45) is 9.57. The molecule has 1 heterocycles. The zero-order valence-electron chi connectivity index (χ0n) is 21.9. The Hall–Kier alpha value is -3.94. The van der Waals surface area contributed by atoms with Gasteiger partial charge in [-0.1, -0.05) is 31.4 Å². The number of benzene rings is 2. The highest BCUT2D eigenvalue weighted by atomic mass is 16.5. The van der Waals surface area contributed by atoms with Gasteiger partial charge in [-0.15, -0.1) is 0 Å². The van der Waals surface area contributed by atoms with Crippen molar-refractivity contribution in [1.29, 1.82) is 0 Å². The highest BCUT2D eigenvalue weighted by Gasteiger charge is 2.36. The van der Waals surface area contributed by atoms with Gasteiger partial charge in [0.25, 0.3) is 5.91 Å². The van der Waals surface area contributed by atoms with Gasteiger partial charge in [-0.25, -0.2) is 4.98 Å². The number of rotatable bonds is 8. The monoisotopic (exact) mass is 502 g/mol. The Labute approximate surface area is 218 Å².